The third kappa shape index (κ3) is 4.69. The molecule has 0 bridgehead atoms. The summed E-state index contributed by atoms with van der Waals surface area (Å²) in [4.78, 5) is 21.9. The molecule has 0 amide bonds. The summed E-state index contributed by atoms with van der Waals surface area (Å²) in [6, 6.07) is 7.33. The van der Waals surface area contributed by atoms with Crippen LogP contribution in [-0.4, -0.2) is 19.9 Å². The van der Waals surface area contributed by atoms with Crippen LogP contribution in [-0.2, 0) is 6.18 Å². The van der Waals surface area contributed by atoms with Crippen molar-refractivity contribution < 1.29 is 22.8 Å². The van der Waals surface area contributed by atoms with E-state index in [0.717, 1.165) is 11.9 Å². The molecule has 0 atom stereocenters. The van der Waals surface area contributed by atoms with Gasteiger partial charge in [-0.15, -0.1) is 0 Å². The van der Waals surface area contributed by atoms with Gasteiger partial charge in [0.1, 0.15) is 12.1 Å². The van der Waals surface area contributed by atoms with Crippen LogP contribution in [0.3, 0.4) is 0 Å². The highest BCUT2D eigenvalue weighted by atomic mass is 35.5. The second-order valence-electron chi connectivity index (χ2n) is 5.73. The Morgan fingerprint density at radius 1 is 1.14 bits per heavy atom. The van der Waals surface area contributed by atoms with E-state index in [4.69, 9.17) is 16.3 Å². The number of nitro groups is 1. The molecule has 0 unspecified atom stereocenters. The van der Waals surface area contributed by atoms with Crippen molar-refractivity contribution in [1.29, 1.82) is 0 Å². The first-order valence-electron chi connectivity index (χ1n) is 7.89. The summed E-state index contributed by atoms with van der Waals surface area (Å²) >= 11 is 5.83. The van der Waals surface area contributed by atoms with Crippen LogP contribution < -0.4 is 10.1 Å². The predicted octanol–water partition coefficient (Wildman–Crippen LogP) is 5.30. The van der Waals surface area contributed by atoms with Crippen LogP contribution in [0.15, 0.2) is 42.9 Å². The molecule has 0 aliphatic rings. The van der Waals surface area contributed by atoms with Crippen LogP contribution in [0.2, 0.25) is 5.02 Å². The number of hydrogen-bond acceptors (Lipinski definition) is 7. The van der Waals surface area contributed by atoms with Gasteiger partial charge in [-0.05, 0) is 25.1 Å². The van der Waals surface area contributed by atoms with Gasteiger partial charge in [0.2, 0.25) is 5.82 Å². The zero-order valence-electron chi connectivity index (χ0n) is 14.6. The zero-order chi connectivity index (χ0) is 21.2. The van der Waals surface area contributed by atoms with E-state index in [9.17, 15) is 23.3 Å². The number of anilines is 2. The third-order valence-electron chi connectivity index (χ3n) is 3.61. The number of nitrogens with one attached hydrogen (secondary N) is 1. The van der Waals surface area contributed by atoms with Crippen molar-refractivity contribution in [3.63, 3.8) is 0 Å². The lowest BCUT2D eigenvalue weighted by atomic mass is 10.2. The maximum absolute atomic E-state index is 12.7. The van der Waals surface area contributed by atoms with Crippen molar-refractivity contribution in [1.82, 2.24) is 15.0 Å². The number of aromatic nitrogens is 3. The minimum atomic E-state index is -4.63. The molecule has 0 aliphatic heterocycles. The van der Waals surface area contributed by atoms with E-state index in [2.05, 4.69) is 20.3 Å². The number of aryl methyl sites for hydroxylation is 1. The number of pyridine rings is 1. The fourth-order valence-electron chi connectivity index (χ4n) is 2.21. The summed E-state index contributed by atoms with van der Waals surface area (Å²) in [7, 11) is 0. The van der Waals surface area contributed by atoms with Gasteiger partial charge in [-0.1, -0.05) is 29.3 Å². The van der Waals surface area contributed by atoms with E-state index >= 15 is 0 Å². The van der Waals surface area contributed by atoms with Crippen molar-refractivity contribution in [3.8, 4) is 11.6 Å². The van der Waals surface area contributed by atoms with E-state index in [1.54, 1.807) is 24.3 Å². The second kappa shape index (κ2) is 7.87. The normalized spacial score (nSPS) is 11.2. The average Bonchev–Trinajstić information content (AvgIpc) is 2.64. The number of halogens is 4. The number of benzene rings is 1. The Balaban J connectivity index is 1.96. The number of hydrogen-bond donors (Lipinski definition) is 1. The first-order chi connectivity index (χ1) is 13.6. The van der Waals surface area contributed by atoms with Crippen LogP contribution in [0, 0.1) is 17.0 Å². The molecular formula is C17H11ClF3N5O3. The van der Waals surface area contributed by atoms with Gasteiger partial charge in [-0.3, -0.25) is 10.1 Å². The minimum Gasteiger partial charge on any atom is -0.434 e. The van der Waals surface area contributed by atoms with Crippen molar-refractivity contribution >= 4 is 28.9 Å². The van der Waals surface area contributed by atoms with Gasteiger partial charge in [0.25, 0.3) is 0 Å². The van der Waals surface area contributed by atoms with Gasteiger partial charge in [0, 0.05) is 6.20 Å². The number of rotatable bonds is 5. The van der Waals surface area contributed by atoms with E-state index in [-0.39, 0.29) is 17.5 Å². The molecule has 0 fully saturated rings. The maximum atomic E-state index is 12.7. The minimum absolute atomic E-state index is 0.247. The molecule has 0 aliphatic carbocycles. The smallest absolute Gasteiger partial charge is 0.417 e. The van der Waals surface area contributed by atoms with Crippen LogP contribution in [0.25, 0.3) is 0 Å². The largest absolute Gasteiger partial charge is 0.434 e. The van der Waals surface area contributed by atoms with E-state index in [1.807, 2.05) is 6.92 Å². The fraction of sp³-hybridized carbons (Fsp3) is 0.118. The summed E-state index contributed by atoms with van der Waals surface area (Å²) in [6.45, 7) is 1.86. The molecule has 29 heavy (non-hydrogen) atoms. The molecule has 0 saturated carbocycles. The Bertz CT molecular complexity index is 1060. The molecule has 1 aromatic carbocycles. The lowest BCUT2D eigenvalue weighted by Gasteiger charge is -2.11. The summed E-state index contributed by atoms with van der Waals surface area (Å²) in [5, 5.41) is 13.6. The summed E-state index contributed by atoms with van der Waals surface area (Å²) in [5.41, 5.74) is -0.737. The lowest BCUT2D eigenvalue weighted by Crippen LogP contribution is -2.08. The Kier molecular flexibility index (Phi) is 5.50. The average molecular weight is 426 g/mol. The maximum Gasteiger partial charge on any atom is 0.417 e. The van der Waals surface area contributed by atoms with Gasteiger partial charge >= 0.3 is 17.7 Å². The van der Waals surface area contributed by atoms with Crippen LogP contribution >= 0.6 is 11.6 Å². The Hall–Kier alpha value is -3.47. The lowest BCUT2D eigenvalue weighted by molar-refractivity contribution is -0.385. The molecule has 3 aromatic rings. The Labute approximate surface area is 166 Å². The molecule has 0 spiro atoms. The molecule has 12 heteroatoms. The zero-order valence-corrected chi connectivity index (χ0v) is 15.3. The topological polar surface area (TPSA) is 103 Å². The van der Waals surface area contributed by atoms with Gasteiger partial charge < -0.3 is 10.1 Å². The number of alkyl halides is 3. The van der Waals surface area contributed by atoms with E-state index in [0.29, 0.717) is 18.0 Å². The predicted molar refractivity (Wildman–Crippen MR) is 97.5 cm³/mol. The van der Waals surface area contributed by atoms with Crippen molar-refractivity contribution in [3.05, 3.63) is 69.1 Å². The number of nitrogens with zero attached hydrogens (tertiary/aromatic N) is 4. The first-order valence-corrected chi connectivity index (χ1v) is 8.26. The second-order valence-corrected chi connectivity index (χ2v) is 6.13. The Morgan fingerprint density at radius 2 is 1.83 bits per heavy atom. The van der Waals surface area contributed by atoms with Crippen LogP contribution in [0.4, 0.5) is 30.5 Å². The van der Waals surface area contributed by atoms with Gasteiger partial charge in [0.15, 0.2) is 5.82 Å². The van der Waals surface area contributed by atoms with Crippen molar-refractivity contribution in [2.45, 2.75) is 13.1 Å². The summed E-state index contributed by atoms with van der Waals surface area (Å²) < 4.78 is 43.7. The van der Waals surface area contributed by atoms with Crippen LogP contribution in [0.1, 0.15) is 11.1 Å². The monoisotopic (exact) mass is 425 g/mol. The molecule has 2 heterocycles. The SMILES string of the molecule is Cc1ccc(Oc2ncnc(Nc3ncc(C(F)(F)F)cc3Cl)c2[N+](=O)[O-])cc1. The van der Waals surface area contributed by atoms with Gasteiger partial charge in [0.05, 0.1) is 15.5 Å². The van der Waals surface area contributed by atoms with Crippen molar-refractivity contribution in [2.24, 2.45) is 0 Å². The summed E-state index contributed by atoms with van der Waals surface area (Å²) in [6.07, 6.45) is -3.09. The van der Waals surface area contributed by atoms with Crippen molar-refractivity contribution in [2.75, 3.05) is 5.32 Å². The molecule has 150 valence electrons. The highest BCUT2D eigenvalue weighted by molar-refractivity contribution is 6.33. The van der Waals surface area contributed by atoms with Crippen LogP contribution in [0.5, 0.6) is 11.6 Å². The standard InChI is InChI=1S/C17H11ClF3N5O3/c1-9-2-4-11(5-3-9)29-16-13(26(27)28)15(23-8-24-16)25-14-12(18)6-10(7-22-14)17(19,20)21/h2-8H,1H3,(H,22,23,24,25). The highest BCUT2D eigenvalue weighted by Crippen LogP contribution is 2.37. The molecule has 0 saturated heterocycles. The molecule has 0 radical (unpaired) electrons. The molecule has 3 rings (SSSR count). The van der Waals surface area contributed by atoms with Gasteiger partial charge in [-0.2, -0.15) is 18.2 Å². The van der Waals surface area contributed by atoms with Gasteiger partial charge in [-0.25, -0.2) is 9.97 Å². The fourth-order valence-corrected chi connectivity index (χ4v) is 2.42. The highest BCUT2D eigenvalue weighted by Gasteiger charge is 2.32. The summed E-state index contributed by atoms with van der Waals surface area (Å²) in [5.74, 6) is -0.655. The molecule has 8 nitrogen and oxygen atoms in total. The number of ether oxygens (including phenoxy) is 1. The first kappa shape index (κ1) is 20.3. The molecular weight excluding hydrogens is 415 g/mol. The quantitative estimate of drug-likeness (QED) is 0.437. The third-order valence-corrected chi connectivity index (χ3v) is 3.90. The van der Waals surface area contributed by atoms with E-state index in [1.165, 1.54) is 0 Å². The molecule has 1 N–H and O–H groups in total. The Morgan fingerprint density at radius 3 is 2.41 bits per heavy atom. The molecule has 2 aromatic heterocycles. The van der Waals surface area contributed by atoms with E-state index < -0.39 is 27.4 Å².